The van der Waals surface area contributed by atoms with Crippen molar-refractivity contribution >= 4 is 17.3 Å². The van der Waals surface area contributed by atoms with Gasteiger partial charge in [0.1, 0.15) is 5.60 Å². The standard InChI is InChI=1S/C19H17F2NO5/c1-19(2,3)27-18(23)26-14-9-5-8-13-16(14)22-15(25-13)10-24-17-11(20)6-4-7-12(17)21/h4-9H,10H2,1-3H3. The van der Waals surface area contributed by atoms with Gasteiger partial charge in [0.15, 0.2) is 40.8 Å². The third kappa shape index (κ3) is 4.52. The Balaban J connectivity index is 1.78. The van der Waals surface area contributed by atoms with Crippen LogP contribution >= 0.6 is 0 Å². The monoisotopic (exact) mass is 377 g/mol. The Labute approximate surface area is 153 Å². The van der Waals surface area contributed by atoms with Crippen LogP contribution in [0.25, 0.3) is 11.1 Å². The number of hydrogen-bond acceptors (Lipinski definition) is 6. The molecule has 0 N–H and O–H groups in total. The largest absolute Gasteiger partial charge is 0.514 e. The van der Waals surface area contributed by atoms with Crippen molar-refractivity contribution in [2.75, 3.05) is 0 Å². The lowest BCUT2D eigenvalue weighted by atomic mass is 10.2. The zero-order chi connectivity index (χ0) is 19.6. The van der Waals surface area contributed by atoms with E-state index in [-0.39, 0.29) is 23.8 Å². The zero-order valence-corrected chi connectivity index (χ0v) is 14.9. The highest BCUT2D eigenvalue weighted by Gasteiger charge is 2.20. The lowest BCUT2D eigenvalue weighted by Gasteiger charge is -2.18. The molecule has 27 heavy (non-hydrogen) atoms. The van der Waals surface area contributed by atoms with Crippen LogP contribution in [0.15, 0.2) is 40.8 Å². The molecule has 0 aliphatic carbocycles. The van der Waals surface area contributed by atoms with E-state index in [1.54, 1.807) is 32.9 Å². The topological polar surface area (TPSA) is 70.8 Å². The number of aromatic nitrogens is 1. The molecule has 2 aromatic carbocycles. The number of benzene rings is 2. The predicted molar refractivity (Wildman–Crippen MR) is 91.6 cm³/mol. The summed E-state index contributed by atoms with van der Waals surface area (Å²) in [5.74, 6) is -1.99. The number of oxazole rings is 1. The molecule has 142 valence electrons. The molecule has 1 heterocycles. The highest BCUT2D eigenvalue weighted by atomic mass is 19.1. The third-order valence-electron chi connectivity index (χ3n) is 3.27. The number of rotatable bonds is 4. The fourth-order valence-corrected chi connectivity index (χ4v) is 2.23. The van der Waals surface area contributed by atoms with Crippen LogP contribution in [0.5, 0.6) is 11.5 Å². The van der Waals surface area contributed by atoms with Gasteiger partial charge in [-0.3, -0.25) is 0 Å². The number of fused-ring (bicyclic) bond motifs is 1. The average molecular weight is 377 g/mol. The minimum Gasteiger partial charge on any atom is -0.478 e. The molecule has 3 aromatic rings. The van der Waals surface area contributed by atoms with Crippen molar-refractivity contribution in [1.29, 1.82) is 0 Å². The molecule has 0 amide bonds. The fraction of sp³-hybridized carbons (Fsp3) is 0.263. The van der Waals surface area contributed by atoms with Gasteiger partial charge in [0.25, 0.3) is 0 Å². The molecular weight excluding hydrogens is 360 g/mol. The Morgan fingerprint density at radius 1 is 1.11 bits per heavy atom. The Hall–Kier alpha value is -3.16. The number of para-hydroxylation sites is 2. The minimum absolute atomic E-state index is 0.0629. The summed E-state index contributed by atoms with van der Waals surface area (Å²) in [6, 6.07) is 8.13. The highest BCUT2D eigenvalue weighted by Crippen LogP contribution is 2.28. The lowest BCUT2D eigenvalue weighted by molar-refractivity contribution is 0.0209. The number of carbonyl (C=O) groups excluding carboxylic acids is 1. The summed E-state index contributed by atoms with van der Waals surface area (Å²) >= 11 is 0. The summed E-state index contributed by atoms with van der Waals surface area (Å²) in [6.45, 7) is 4.82. The van der Waals surface area contributed by atoms with E-state index >= 15 is 0 Å². The summed E-state index contributed by atoms with van der Waals surface area (Å²) in [5.41, 5.74) is -0.128. The number of ether oxygens (including phenoxy) is 3. The van der Waals surface area contributed by atoms with Crippen molar-refractivity contribution in [1.82, 2.24) is 4.98 Å². The van der Waals surface area contributed by atoms with E-state index < -0.39 is 29.1 Å². The van der Waals surface area contributed by atoms with Gasteiger partial charge in [-0.2, -0.15) is 0 Å². The Morgan fingerprint density at radius 2 is 1.78 bits per heavy atom. The fourth-order valence-electron chi connectivity index (χ4n) is 2.23. The molecule has 8 heteroatoms. The van der Waals surface area contributed by atoms with Gasteiger partial charge in [-0.15, -0.1) is 0 Å². The van der Waals surface area contributed by atoms with Gasteiger partial charge >= 0.3 is 6.16 Å². The number of carbonyl (C=O) groups is 1. The Kier molecular flexibility index (Phi) is 4.98. The van der Waals surface area contributed by atoms with Crippen LogP contribution in [-0.2, 0) is 11.3 Å². The first-order valence-corrected chi connectivity index (χ1v) is 8.09. The van der Waals surface area contributed by atoms with Gasteiger partial charge in [-0.05, 0) is 45.0 Å². The molecule has 6 nitrogen and oxygen atoms in total. The van der Waals surface area contributed by atoms with E-state index in [1.807, 2.05) is 0 Å². The molecule has 0 bridgehead atoms. The average Bonchev–Trinajstić information content (AvgIpc) is 2.96. The van der Waals surface area contributed by atoms with Crippen LogP contribution in [0, 0.1) is 11.6 Å². The van der Waals surface area contributed by atoms with E-state index in [0.29, 0.717) is 5.58 Å². The van der Waals surface area contributed by atoms with Crippen LogP contribution in [0.1, 0.15) is 26.7 Å². The van der Waals surface area contributed by atoms with Crippen molar-refractivity contribution in [2.45, 2.75) is 33.0 Å². The summed E-state index contributed by atoms with van der Waals surface area (Å²) in [4.78, 5) is 16.0. The Bertz CT molecular complexity index is 958. The number of hydrogen-bond donors (Lipinski definition) is 0. The van der Waals surface area contributed by atoms with Gasteiger partial charge in [-0.25, -0.2) is 18.6 Å². The maximum absolute atomic E-state index is 13.6. The molecule has 0 spiro atoms. The summed E-state index contributed by atoms with van der Waals surface area (Å²) < 4.78 is 48.1. The van der Waals surface area contributed by atoms with E-state index in [1.165, 1.54) is 12.1 Å². The summed E-state index contributed by atoms with van der Waals surface area (Å²) in [5, 5.41) is 0. The molecule has 1 aromatic heterocycles. The van der Waals surface area contributed by atoms with Crippen LogP contribution in [0.2, 0.25) is 0 Å². The maximum Gasteiger partial charge on any atom is 0.514 e. The Morgan fingerprint density at radius 3 is 2.44 bits per heavy atom. The van der Waals surface area contributed by atoms with Crippen LogP contribution in [0.3, 0.4) is 0 Å². The highest BCUT2D eigenvalue weighted by molar-refractivity contribution is 5.82. The molecule has 0 saturated heterocycles. The number of nitrogens with zero attached hydrogens (tertiary/aromatic N) is 1. The molecule has 0 atom stereocenters. The van der Waals surface area contributed by atoms with Gasteiger partial charge in [0, 0.05) is 0 Å². The normalized spacial score (nSPS) is 11.4. The van der Waals surface area contributed by atoms with Gasteiger partial charge in [-0.1, -0.05) is 12.1 Å². The maximum atomic E-state index is 13.6. The second kappa shape index (κ2) is 7.22. The molecule has 3 rings (SSSR count). The van der Waals surface area contributed by atoms with E-state index in [0.717, 1.165) is 12.1 Å². The zero-order valence-electron chi connectivity index (χ0n) is 14.9. The first-order valence-electron chi connectivity index (χ1n) is 8.09. The van der Waals surface area contributed by atoms with Crippen LogP contribution in [0.4, 0.5) is 13.6 Å². The van der Waals surface area contributed by atoms with Crippen molar-refractivity contribution < 1.29 is 32.2 Å². The second-order valence-electron chi connectivity index (χ2n) is 6.62. The van der Waals surface area contributed by atoms with Gasteiger partial charge in [0.2, 0.25) is 5.89 Å². The minimum atomic E-state index is -0.885. The third-order valence-corrected chi connectivity index (χ3v) is 3.27. The second-order valence-corrected chi connectivity index (χ2v) is 6.62. The molecule has 0 fully saturated rings. The smallest absolute Gasteiger partial charge is 0.478 e. The van der Waals surface area contributed by atoms with Crippen molar-refractivity contribution in [3.05, 3.63) is 53.9 Å². The molecule has 0 aliphatic rings. The first-order chi connectivity index (χ1) is 12.7. The summed E-state index contributed by atoms with van der Waals surface area (Å²) in [7, 11) is 0. The van der Waals surface area contributed by atoms with E-state index in [2.05, 4.69) is 4.98 Å². The molecule has 0 radical (unpaired) electrons. The quantitative estimate of drug-likeness (QED) is 0.471. The molecule has 0 unspecified atom stereocenters. The molecular formula is C19H17F2NO5. The number of halogens is 2. The lowest BCUT2D eigenvalue weighted by Crippen LogP contribution is -2.26. The van der Waals surface area contributed by atoms with Gasteiger partial charge in [0.05, 0.1) is 0 Å². The van der Waals surface area contributed by atoms with E-state index in [4.69, 9.17) is 18.6 Å². The molecule has 0 saturated carbocycles. The predicted octanol–water partition coefficient (Wildman–Crippen LogP) is 5.00. The molecule has 0 aliphatic heterocycles. The van der Waals surface area contributed by atoms with Crippen LogP contribution < -0.4 is 9.47 Å². The van der Waals surface area contributed by atoms with Crippen molar-refractivity contribution in [2.24, 2.45) is 0 Å². The SMILES string of the molecule is CC(C)(C)OC(=O)Oc1cccc2oc(COc3c(F)cccc3F)nc12. The van der Waals surface area contributed by atoms with Crippen LogP contribution in [-0.4, -0.2) is 16.7 Å². The van der Waals surface area contributed by atoms with Crippen molar-refractivity contribution in [3.63, 3.8) is 0 Å². The van der Waals surface area contributed by atoms with E-state index in [9.17, 15) is 13.6 Å². The van der Waals surface area contributed by atoms with Gasteiger partial charge < -0.3 is 18.6 Å². The summed E-state index contributed by atoms with van der Waals surface area (Å²) in [6.07, 6.45) is -0.885. The van der Waals surface area contributed by atoms with Crippen molar-refractivity contribution in [3.8, 4) is 11.5 Å². The first kappa shape index (κ1) is 18.6.